The van der Waals surface area contributed by atoms with Gasteiger partial charge in [-0.15, -0.1) is 5.10 Å². The molecule has 1 aromatic rings. The number of nitrogens with two attached hydrogens (primary N) is 1. The zero-order valence-corrected chi connectivity index (χ0v) is 13.5. The fourth-order valence-electron chi connectivity index (χ4n) is 3.14. The number of tetrazole rings is 1. The molecule has 0 spiro atoms. The molecule has 1 saturated carbocycles. The van der Waals surface area contributed by atoms with E-state index in [0.29, 0.717) is 12.1 Å². The number of unbranched alkanes of at least 4 members (excludes halogenated alkanes) is 1. The second-order valence-corrected chi connectivity index (χ2v) is 6.21. The van der Waals surface area contributed by atoms with E-state index >= 15 is 0 Å². The molecule has 2 rings (SSSR count). The Kier molecular flexibility index (Phi) is 6.57. The third-order valence-electron chi connectivity index (χ3n) is 4.44. The maximum atomic E-state index is 6.03. The van der Waals surface area contributed by atoms with Crippen molar-refractivity contribution in [1.82, 2.24) is 25.1 Å². The van der Waals surface area contributed by atoms with E-state index < -0.39 is 0 Å². The standard InChI is InChI=1S/C15H30N6/c1-3-5-11-21-15(17-18-19-21)12-20(10-4-2)14-8-6-13(16)7-9-14/h13-14H,3-12,16H2,1-2H3. The molecule has 0 atom stereocenters. The van der Waals surface area contributed by atoms with Crippen LogP contribution >= 0.6 is 0 Å². The molecule has 21 heavy (non-hydrogen) atoms. The minimum absolute atomic E-state index is 0.402. The van der Waals surface area contributed by atoms with E-state index in [1.807, 2.05) is 4.68 Å². The fraction of sp³-hybridized carbons (Fsp3) is 0.933. The van der Waals surface area contributed by atoms with Crippen LogP contribution in [0.5, 0.6) is 0 Å². The van der Waals surface area contributed by atoms with Gasteiger partial charge in [0.15, 0.2) is 5.82 Å². The summed E-state index contributed by atoms with van der Waals surface area (Å²) in [7, 11) is 0. The zero-order valence-electron chi connectivity index (χ0n) is 13.5. The molecule has 0 aliphatic heterocycles. The van der Waals surface area contributed by atoms with Gasteiger partial charge in [0.2, 0.25) is 0 Å². The van der Waals surface area contributed by atoms with Crippen LogP contribution in [0, 0.1) is 0 Å². The first-order valence-electron chi connectivity index (χ1n) is 8.49. The minimum atomic E-state index is 0.402. The Morgan fingerprint density at radius 2 is 1.95 bits per heavy atom. The number of aromatic nitrogens is 4. The Hall–Kier alpha value is -1.01. The van der Waals surface area contributed by atoms with Gasteiger partial charge in [-0.05, 0) is 55.5 Å². The van der Waals surface area contributed by atoms with Crippen LogP contribution in [-0.2, 0) is 13.1 Å². The van der Waals surface area contributed by atoms with Gasteiger partial charge in [-0.1, -0.05) is 20.3 Å². The molecule has 0 saturated heterocycles. The number of nitrogens with zero attached hydrogens (tertiary/aromatic N) is 5. The molecule has 2 N–H and O–H groups in total. The van der Waals surface area contributed by atoms with E-state index in [2.05, 4.69) is 34.3 Å². The van der Waals surface area contributed by atoms with Gasteiger partial charge in [-0.2, -0.15) is 0 Å². The maximum absolute atomic E-state index is 6.03. The average Bonchev–Trinajstić information content (AvgIpc) is 2.93. The third kappa shape index (κ3) is 4.74. The van der Waals surface area contributed by atoms with Crippen LogP contribution in [0.25, 0.3) is 0 Å². The van der Waals surface area contributed by atoms with Crippen LogP contribution in [-0.4, -0.2) is 43.7 Å². The van der Waals surface area contributed by atoms with Crippen LogP contribution in [0.15, 0.2) is 0 Å². The Morgan fingerprint density at radius 1 is 1.19 bits per heavy atom. The van der Waals surface area contributed by atoms with Crippen molar-refractivity contribution in [2.45, 2.75) is 84.0 Å². The first kappa shape index (κ1) is 16.4. The third-order valence-corrected chi connectivity index (χ3v) is 4.44. The predicted octanol–water partition coefficient (Wildman–Crippen LogP) is 1.96. The summed E-state index contributed by atoms with van der Waals surface area (Å²) in [6, 6.07) is 1.04. The molecule has 0 amide bonds. The lowest BCUT2D eigenvalue weighted by Crippen LogP contribution is -2.41. The molecular formula is C15H30N6. The van der Waals surface area contributed by atoms with Gasteiger partial charge in [-0.25, -0.2) is 4.68 Å². The van der Waals surface area contributed by atoms with Crippen molar-refractivity contribution in [2.75, 3.05) is 6.54 Å². The van der Waals surface area contributed by atoms with Gasteiger partial charge in [0.25, 0.3) is 0 Å². The molecular weight excluding hydrogens is 264 g/mol. The van der Waals surface area contributed by atoms with Crippen LogP contribution in [0.3, 0.4) is 0 Å². The number of hydrogen-bond acceptors (Lipinski definition) is 5. The van der Waals surface area contributed by atoms with Gasteiger partial charge in [0.1, 0.15) is 0 Å². The van der Waals surface area contributed by atoms with E-state index in [9.17, 15) is 0 Å². The lowest BCUT2D eigenvalue weighted by Gasteiger charge is -2.35. The monoisotopic (exact) mass is 294 g/mol. The van der Waals surface area contributed by atoms with Crippen LogP contribution in [0.1, 0.15) is 64.6 Å². The summed E-state index contributed by atoms with van der Waals surface area (Å²) in [6.07, 6.45) is 8.16. The Morgan fingerprint density at radius 3 is 2.62 bits per heavy atom. The van der Waals surface area contributed by atoms with Crippen molar-refractivity contribution in [2.24, 2.45) is 5.73 Å². The van der Waals surface area contributed by atoms with Gasteiger partial charge in [0.05, 0.1) is 6.54 Å². The summed E-state index contributed by atoms with van der Waals surface area (Å²) in [5, 5.41) is 12.2. The molecule has 6 heteroatoms. The molecule has 1 aromatic heterocycles. The Balaban J connectivity index is 1.97. The van der Waals surface area contributed by atoms with Gasteiger partial charge in [0, 0.05) is 18.6 Å². The quantitative estimate of drug-likeness (QED) is 0.793. The highest BCUT2D eigenvalue weighted by Crippen LogP contribution is 2.23. The summed E-state index contributed by atoms with van der Waals surface area (Å²) in [6.45, 7) is 7.33. The van der Waals surface area contributed by atoms with Crippen molar-refractivity contribution in [3.63, 3.8) is 0 Å². The summed E-state index contributed by atoms with van der Waals surface area (Å²) in [5.74, 6) is 1.01. The molecule has 1 heterocycles. The molecule has 0 bridgehead atoms. The summed E-state index contributed by atoms with van der Waals surface area (Å²) >= 11 is 0. The highest BCUT2D eigenvalue weighted by Gasteiger charge is 2.25. The molecule has 6 nitrogen and oxygen atoms in total. The van der Waals surface area contributed by atoms with E-state index in [0.717, 1.165) is 44.7 Å². The van der Waals surface area contributed by atoms with Crippen molar-refractivity contribution >= 4 is 0 Å². The molecule has 0 unspecified atom stereocenters. The minimum Gasteiger partial charge on any atom is -0.328 e. The highest BCUT2D eigenvalue weighted by atomic mass is 15.5. The molecule has 1 aliphatic rings. The molecule has 0 radical (unpaired) electrons. The lowest BCUT2D eigenvalue weighted by molar-refractivity contribution is 0.136. The highest BCUT2D eigenvalue weighted by molar-refractivity contribution is 4.87. The van der Waals surface area contributed by atoms with E-state index in [-0.39, 0.29) is 0 Å². The van der Waals surface area contributed by atoms with Gasteiger partial charge in [-0.3, -0.25) is 4.90 Å². The van der Waals surface area contributed by atoms with Gasteiger partial charge < -0.3 is 5.73 Å². The summed E-state index contributed by atoms with van der Waals surface area (Å²) < 4.78 is 1.97. The SMILES string of the molecule is CCCCn1nnnc1CN(CCC)C1CCC(N)CC1. The first-order valence-corrected chi connectivity index (χ1v) is 8.49. The average molecular weight is 294 g/mol. The smallest absolute Gasteiger partial charge is 0.165 e. The predicted molar refractivity (Wildman–Crippen MR) is 83.7 cm³/mol. The van der Waals surface area contributed by atoms with E-state index in [1.165, 1.54) is 25.7 Å². The maximum Gasteiger partial charge on any atom is 0.165 e. The number of hydrogen-bond donors (Lipinski definition) is 1. The number of aryl methyl sites for hydroxylation is 1. The van der Waals surface area contributed by atoms with Crippen molar-refractivity contribution in [3.8, 4) is 0 Å². The molecule has 1 fully saturated rings. The van der Waals surface area contributed by atoms with Gasteiger partial charge >= 0.3 is 0 Å². The Bertz CT molecular complexity index is 397. The second kappa shape index (κ2) is 8.44. The second-order valence-electron chi connectivity index (χ2n) is 6.21. The largest absolute Gasteiger partial charge is 0.328 e. The van der Waals surface area contributed by atoms with Crippen molar-refractivity contribution in [1.29, 1.82) is 0 Å². The van der Waals surface area contributed by atoms with Crippen molar-refractivity contribution < 1.29 is 0 Å². The van der Waals surface area contributed by atoms with E-state index in [1.54, 1.807) is 0 Å². The normalized spacial score (nSPS) is 22.9. The zero-order chi connectivity index (χ0) is 15.1. The molecule has 1 aliphatic carbocycles. The molecule has 120 valence electrons. The number of rotatable bonds is 8. The topological polar surface area (TPSA) is 72.9 Å². The van der Waals surface area contributed by atoms with Crippen LogP contribution in [0.2, 0.25) is 0 Å². The van der Waals surface area contributed by atoms with Crippen LogP contribution in [0.4, 0.5) is 0 Å². The van der Waals surface area contributed by atoms with Crippen molar-refractivity contribution in [3.05, 3.63) is 5.82 Å². The van der Waals surface area contributed by atoms with Crippen LogP contribution < -0.4 is 5.73 Å². The summed E-state index contributed by atoms with van der Waals surface area (Å²) in [5.41, 5.74) is 6.03. The molecule has 0 aromatic carbocycles. The van der Waals surface area contributed by atoms with E-state index in [4.69, 9.17) is 5.73 Å². The Labute approximate surface area is 128 Å². The first-order chi connectivity index (χ1) is 10.2. The lowest BCUT2D eigenvalue weighted by atomic mass is 9.90. The summed E-state index contributed by atoms with van der Waals surface area (Å²) in [4.78, 5) is 2.56. The fourth-order valence-corrected chi connectivity index (χ4v) is 3.14.